The Kier molecular flexibility index (Phi) is 5.80. The first kappa shape index (κ1) is 20.9. The van der Waals surface area contributed by atoms with Gasteiger partial charge in [0, 0.05) is 37.3 Å². The van der Waals surface area contributed by atoms with E-state index in [9.17, 15) is 4.79 Å². The van der Waals surface area contributed by atoms with Crippen LogP contribution in [-0.4, -0.2) is 51.9 Å². The fourth-order valence-electron chi connectivity index (χ4n) is 3.97. The summed E-state index contributed by atoms with van der Waals surface area (Å²) in [6, 6.07) is 12.1. The summed E-state index contributed by atoms with van der Waals surface area (Å²) in [7, 11) is 0. The number of carbonyl (C=O) groups excluding carboxylic acids is 1. The van der Waals surface area contributed by atoms with E-state index in [2.05, 4.69) is 58.0 Å². The fraction of sp³-hybridized carbons (Fsp3) is 0.250. The van der Waals surface area contributed by atoms with E-state index in [1.54, 1.807) is 35.6 Å². The molecule has 1 aliphatic heterocycles. The molecular weight excluding hydrogens is 438 g/mol. The van der Waals surface area contributed by atoms with Crippen molar-refractivity contribution in [3.63, 3.8) is 0 Å². The highest BCUT2D eigenvalue weighted by Crippen LogP contribution is 2.32. The predicted octanol–water partition coefficient (Wildman–Crippen LogP) is 4.82. The summed E-state index contributed by atoms with van der Waals surface area (Å²) < 4.78 is 0. The van der Waals surface area contributed by atoms with Gasteiger partial charge in [-0.1, -0.05) is 29.5 Å². The van der Waals surface area contributed by atoms with Crippen molar-refractivity contribution in [1.29, 1.82) is 0 Å². The average Bonchev–Trinajstić information content (AvgIpc) is 3.30. The highest BCUT2D eigenvalue weighted by Gasteiger charge is 2.26. The quantitative estimate of drug-likeness (QED) is 0.434. The molecule has 4 aromatic rings. The second kappa shape index (κ2) is 8.88. The molecule has 1 amide bonds. The molecule has 1 aromatic carbocycles. The molecule has 8 heteroatoms. The summed E-state index contributed by atoms with van der Waals surface area (Å²) in [6.07, 6.45) is 3.37. The number of rotatable bonds is 4. The van der Waals surface area contributed by atoms with Gasteiger partial charge in [0.25, 0.3) is 5.91 Å². The van der Waals surface area contributed by atoms with Gasteiger partial charge in [0.2, 0.25) is 0 Å². The van der Waals surface area contributed by atoms with Crippen molar-refractivity contribution in [3.8, 4) is 0 Å². The molecule has 0 bridgehead atoms. The van der Waals surface area contributed by atoms with Crippen molar-refractivity contribution in [1.82, 2.24) is 19.9 Å². The lowest BCUT2D eigenvalue weighted by atomic mass is 10.2. The van der Waals surface area contributed by atoms with Crippen LogP contribution in [-0.2, 0) is 0 Å². The molecule has 0 N–H and O–H groups in total. The van der Waals surface area contributed by atoms with Gasteiger partial charge in [0.1, 0.15) is 22.0 Å². The van der Waals surface area contributed by atoms with Crippen molar-refractivity contribution in [2.75, 3.05) is 31.1 Å². The molecular formula is C24H23N5OS2. The first-order chi connectivity index (χ1) is 15.6. The molecule has 5 rings (SSSR count). The lowest BCUT2D eigenvalue weighted by molar-refractivity contribution is 0.0742. The third kappa shape index (κ3) is 4.08. The minimum absolute atomic E-state index is 0.0355. The number of piperazine rings is 1. The third-order valence-corrected chi connectivity index (χ3v) is 7.66. The van der Waals surface area contributed by atoms with Crippen LogP contribution in [0.3, 0.4) is 0 Å². The molecule has 1 aliphatic rings. The topological polar surface area (TPSA) is 62.2 Å². The van der Waals surface area contributed by atoms with Crippen molar-refractivity contribution in [3.05, 3.63) is 71.0 Å². The number of carbonyl (C=O) groups is 1. The van der Waals surface area contributed by atoms with Gasteiger partial charge in [-0.15, -0.1) is 11.3 Å². The molecule has 162 valence electrons. The monoisotopic (exact) mass is 461 g/mol. The normalized spacial score (nSPS) is 14.2. The lowest BCUT2D eigenvalue weighted by Gasteiger charge is -2.35. The van der Waals surface area contributed by atoms with Gasteiger partial charge in [0.05, 0.1) is 10.9 Å². The Hall–Kier alpha value is -2.97. The van der Waals surface area contributed by atoms with Gasteiger partial charge >= 0.3 is 0 Å². The number of hydrogen-bond acceptors (Lipinski definition) is 7. The smallest absolute Gasteiger partial charge is 0.256 e. The number of fused-ring (bicyclic) bond motifs is 1. The molecule has 0 radical (unpaired) electrons. The second-order valence-electron chi connectivity index (χ2n) is 7.84. The largest absolute Gasteiger partial charge is 0.352 e. The zero-order valence-electron chi connectivity index (χ0n) is 18.0. The van der Waals surface area contributed by atoms with Crippen LogP contribution in [0, 0.1) is 13.8 Å². The number of amides is 1. The maximum Gasteiger partial charge on any atom is 0.256 e. The third-order valence-electron chi connectivity index (χ3n) is 5.65. The fourth-order valence-corrected chi connectivity index (χ4v) is 5.64. The molecule has 32 heavy (non-hydrogen) atoms. The van der Waals surface area contributed by atoms with Crippen LogP contribution in [0.25, 0.3) is 10.2 Å². The molecule has 1 saturated heterocycles. The number of pyridine rings is 1. The number of thiophene rings is 1. The van der Waals surface area contributed by atoms with Gasteiger partial charge in [0.15, 0.2) is 0 Å². The standard InChI is InChI=1S/C24H23N5OS2/c1-16-5-6-20(17(2)14-16)32-23-19(4-3-8-25-23)24(30)29-11-9-28(10-12-29)21-18-7-13-31-22(18)27-15-26-21/h3-8,13-15H,9-12H2,1-2H3. The number of benzene rings is 1. The molecule has 6 nitrogen and oxygen atoms in total. The van der Waals surface area contributed by atoms with Gasteiger partial charge < -0.3 is 9.80 Å². The number of nitrogens with zero attached hydrogens (tertiary/aromatic N) is 5. The first-order valence-corrected chi connectivity index (χ1v) is 12.2. The Bertz CT molecular complexity index is 1280. The van der Waals surface area contributed by atoms with E-state index >= 15 is 0 Å². The molecule has 0 unspecified atom stereocenters. The van der Waals surface area contributed by atoms with E-state index in [0.29, 0.717) is 18.7 Å². The van der Waals surface area contributed by atoms with E-state index in [0.717, 1.165) is 39.0 Å². The highest BCUT2D eigenvalue weighted by molar-refractivity contribution is 7.99. The molecule has 0 spiro atoms. The van der Waals surface area contributed by atoms with Crippen LogP contribution in [0.2, 0.25) is 0 Å². The predicted molar refractivity (Wildman–Crippen MR) is 130 cm³/mol. The molecule has 4 heterocycles. The number of aromatic nitrogens is 3. The van der Waals surface area contributed by atoms with Crippen LogP contribution >= 0.6 is 23.1 Å². The van der Waals surface area contributed by atoms with Crippen LogP contribution in [0.5, 0.6) is 0 Å². The average molecular weight is 462 g/mol. The zero-order chi connectivity index (χ0) is 22.1. The van der Waals surface area contributed by atoms with Gasteiger partial charge in [-0.2, -0.15) is 0 Å². The van der Waals surface area contributed by atoms with Crippen LogP contribution in [0.15, 0.2) is 64.2 Å². The van der Waals surface area contributed by atoms with Crippen molar-refractivity contribution >= 4 is 45.0 Å². The van der Waals surface area contributed by atoms with Crippen molar-refractivity contribution in [2.24, 2.45) is 0 Å². The van der Waals surface area contributed by atoms with Crippen LogP contribution < -0.4 is 4.90 Å². The summed E-state index contributed by atoms with van der Waals surface area (Å²) in [5.41, 5.74) is 3.08. The molecule has 0 aliphatic carbocycles. The van der Waals surface area contributed by atoms with Gasteiger partial charge in [-0.3, -0.25) is 4.79 Å². The summed E-state index contributed by atoms with van der Waals surface area (Å²) in [5.74, 6) is 0.990. The first-order valence-electron chi connectivity index (χ1n) is 10.5. The van der Waals surface area contributed by atoms with Gasteiger partial charge in [-0.05, 0) is 49.1 Å². The van der Waals surface area contributed by atoms with Crippen LogP contribution in [0.1, 0.15) is 21.5 Å². The summed E-state index contributed by atoms with van der Waals surface area (Å²) >= 11 is 3.18. The second-order valence-corrected chi connectivity index (χ2v) is 9.77. The van der Waals surface area contributed by atoms with Gasteiger partial charge in [-0.25, -0.2) is 15.0 Å². The van der Waals surface area contributed by atoms with E-state index in [1.165, 1.54) is 11.1 Å². The highest BCUT2D eigenvalue weighted by atomic mass is 32.2. The Morgan fingerprint density at radius 3 is 2.69 bits per heavy atom. The Morgan fingerprint density at radius 1 is 1.03 bits per heavy atom. The minimum Gasteiger partial charge on any atom is -0.352 e. The van der Waals surface area contributed by atoms with Crippen molar-refractivity contribution < 1.29 is 4.79 Å². The molecule has 0 atom stereocenters. The Morgan fingerprint density at radius 2 is 1.88 bits per heavy atom. The Labute approximate surface area is 195 Å². The number of aryl methyl sites for hydroxylation is 2. The van der Waals surface area contributed by atoms with Crippen LogP contribution in [0.4, 0.5) is 5.82 Å². The lowest BCUT2D eigenvalue weighted by Crippen LogP contribution is -2.49. The summed E-state index contributed by atoms with van der Waals surface area (Å²) in [6.45, 7) is 6.97. The van der Waals surface area contributed by atoms with E-state index < -0.39 is 0 Å². The molecule has 1 fully saturated rings. The Balaban J connectivity index is 1.32. The van der Waals surface area contributed by atoms with E-state index in [1.807, 2.05) is 22.4 Å². The minimum atomic E-state index is 0.0355. The SMILES string of the molecule is Cc1ccc(Sc2ncccc2C(=O)N2CCN(c3ncnc4sccc34)CC2)c(C)c1. The molecule has 3 aromatic heterocycles. The summed E-state index contributed by atoms with van der Waals surface area (Å²) in [5, 5.41) is 3.87. The van der Waals surface area contributed by atoms with E-state index in [4.69, 9.17) is 0 Å². The number of anilines is 1. The van der Waals surface area contributed by atoms with Crippen molar-refractivity contribution in [2.45, 2.75) is 23.8 Å². The zero-order valence-corrected chi connectivity index (χ0v) is 19.6. The number of hydrogen-bond donors (Lipinski definition) is 0. The maximum absolute atomic E-state index is 13.4. The maximum atomic E-state index is 13.4. The van der Waals surface area contributed by atoms with E-state index in [-0.39, 0.29) is 5.91 Å². The summed E-state index contributed by atoms with van der Waals surface area (Å²) in [4.78, 5) is 33.1. The molecule has 0 saturated carbocycles.